The first-order valence-electron chi connectivity index (χ1n) is 10.2. The number of carbonyl (C=O) groups is 1. The van der Waals surface area contributed by atoms with Gasteiger partial charge in [-0.1, -0.05) is 28.2 Å². The Morgan fingerprint density at radius 1 is 1.19 bits per heavy atom. The number of amides is 1. The number of anilines is 1. The number of benzene rings is 2. The number of thiazole rings is 1. The van der Waals surface area contributed by atoms with Crippen LogP contribution in [0.5, 0.6) is 0 Å². The van der Waals surface area contributed by atoms with Crippen molar-refractivity contribution >= 4 is 32.6 Å². The number of carbonyl (C=O) groups excluding carboxylic acids is 1. The summed E-state index contributed by atoms with van der Waals surface area (Å²) in [5.41, 5.74) is 3.02. The van der Waals surface area contributed by atoms with Gasteiger partial charge in [-0.05, 0) is 56.5 Å². The largest absolute Gasteiger partial charge is 0.357 e. The number of nitrogens with one attached hydrogen (secondary N) is 2. The van der Waals surface area contributed by atoms with Crippen LogP contribution in [0.2, 0.25) is 0 Å². The van der Waals surface area contributed by atoms with Crippen molar-refractivity contribution in [2.45, 2.75) is 38.3 Å². The molecule has 2 aromatic heterocycles. The SMILES string of the molecule is Cc1ccc(-n2ccnn2)c(C(=O)N[C@@H]2CCC[C@@H]2Nc2nc3ccc(F)cc3s2)c1. The quantitative estimate of drug-likeness (QED) is 0.492. The summed E-state index contributed by atoms with van der Waals surface area (Å²) in [7, 11) is 0. The molecule has 2 atom stereocenters. The molecule has 1 aliphatic carbocycles. The second kappa shape index (κ2) is 8.07. The Morgan fingerprint density at radius 2 is 2.06 bits per heavy atom. The molecule has 0 saturated heterocycles. The molecule has 1 aliphatic rings. The van der Waals surface area contributed by atoms with Gasteiger partial charge in [0.05, 0.1) is 33.9 Å². The van der Waals surface area contributed by atoms with E-state index in [1.807, 2.05) is 25.1 Å². The fourth-order valence-electron chi connectivity index (χ4n) is 4.04. The first-order chi connectivity index (χ1) is 15.1. The molecule has 7 nitrogen and oxygen atoms in total. The number of rotatable bonds is 5. The Labute approximate surface area is 182 Å². The monoisotopic (exact) mass is 436 g/mol. The maximum absolute atomic E-state index is 13.5. The summed E-state index contributed by atoms with van der Waals surface area (Å²) in [6.07, 6.45) is 6.12. The molecule has 2 N–H and O–H groups in total. The Balaban J connectivity index is 1.34. The molecule has 9 heteroatoms. The van der Waals surface area contributed by atoms with E-state index in [0.29, 0.717) is 11.3 Å². The summed E-state index contributed by atoms with van der Waals surface area (Å²) in [6.45, 7) is 1.96. The second-order valence-corrected chi connectivity index (χ2v) is 8.79. The minimum atomic E-state index is -0.268. The molecule has 1 fully saturated rings. The number of halogens is 1. The van der Waals surface area contributed by atoms with Gasteiger partial charge < -0.3 is 10.6 Å². The third-order valence-corrected chi connectivity index (χ3v) is 6.51. The number of hydrogen-bond acceptors (Lipinski definition) is 6. The van der Waals surface area contributed by atoms with E-state index in [2.05, 4.69) is 25.9 Å². The summed E-state index contributed by atoms with van der Waals surface area (Å²) in [5.74, 6) is -0.408. The van der Waals surface area contributed by atoms with E-state index >= 15 is 0 Å². The molecule has 0 spiro atoms. The van der Waals surface area contributed by atoms with Crippen LogP contribution < -0.4 is 10.6 Å². The minimum absolute atomic E-state index is 0.0274. The van der Waals surface area contributed by atoms with Crippen LogP contribution in [0.25, 0.3) is 15.9 Å². The van der Waals surface area contributed by atoms with Crippen LogP contribution in [0.4, 0.5) is 9.52 Å². The first-order valence-corrected chi connectivity index (χ1v) is 11.0. The van der Waals surface area contributed by atoms with Crippen molar-refractivity contribution in [2.24, 2.45) is 0 Å². The second-order valence-electron chi connectivity index (χ2n) is 7.76. The van der Waals surface area contributed by atoms with E-state index in [1.54, 1.807) is 23.1 Å². The summed E-state index contributed by atoms with van der Waals surface area (Å²) in [5, 5.41) is 15.3. The van der Waals surface area contributed by atoms with Crippen LogP contribution in [0.1, 0.15) is 35.2 Å². The van der Waals surface area contributed by atoms with Crippen molar-refractivity contribution in [3.05, 3.63) is 65.7 Å². The molecule has 0 aliphatic heterocycles. The zero-order valence-electron chi connectivity index (χ0n) is 16.9. The molecule has 0 unspecified atom stereocenters. The smallest absolute Gasteiger partial charge is 0.253 e. The van der Waals surface area contributed by atoms with E-state index in [4.69, 9.17) is 0 Å². The molecule has 1 amide bonds. The van der Waals surface area contributed by atoms with Gasteiger partial charge in [0.15, 0.2) is 5.13 Å². The van der Waals surface area contributed by atoms with Gasteiger partial charge in [0.2, 0.25) is 0 Å². The molecule has 5 rings (SSSR count). The zero-order chi connectivity index (χ0) is 21.4. The Bertz CT molecular complexity index is 1240. The molecule has 2 heterocycles. The Morgan fingerprint density at radius 3 is 2.90 bits per heavy atom. The maximum Gasteiger partial charge on any atom is 0.253 e. The Hall–Kier alpha value is -3.33. The third kappa shape index (κ3) is 4.00. The highest BCUT2D eigenvalue weighted by atomic mass is 32.1. The molecule has 0 bridgehead atoms. The predicted octanol–water partition coefficient (Wildman–Crippen LogP) is 4.09. The summed E-state index contributed by atoms with van der Waals surface area (Å²) < 4.78 is 15.9. The van der Waals surface area contributed by atoms with E-state index in [1.165, 1.54) is 23.5 Å². The standard InChI is InChI=1S/C22H21FN6OS/c1-13-5-8-19(29-10-9-24-28-29)15(11-13)21(30)25-16-3-2-4-17(16)26-22-27-18-7-6-14(23)12-20(18)31-22/h5-12,16-17H,2-4H2,1H3,(H,25,30)(H,26,27)/t16-,17+/m1/s1. The zero-order valence-corrected chi connectivity index (χ0v) is 17.7. The molecule has 4 aromatic rings. The van der Waals surface area contributed by atoms with Gasteiger partial charge in [-0.15, -0.1) is 5.10 Å². The number of aromatic nitrogens is 4. The van der Waals surface area contributed by atoms with Gasteiger partial charge in [-0.2, -0.15) is 0 Å². The molecule has 31 heavy (non-hydrogen) atoms. The lowest BCUT2D eigenvalue weighted by molar-refractivity contribution is 0.0935. The van der Waals surface area contributed by atoms with Crippen molar-refractivity contribution in [3.8, 4) is 5.69 Å². The molecule has 0 radical (unpaired) electrons. The van der Waals surface area contributed by atoms with Crippen molar-refractivity contribution < 1.29 is 9.18 Å². The average molecular weight is 437 g/mol. The van der Waals surface area contributed by atoms with Gasteiger partial charge in [0, 0.05) is 12.1 Å². The van der Waals surface area contributed by atoms with Gasteiger partial charge >= 0.3 is 0 Å². The van der Waals surface area contributed by atoms with E-state index in [0.717, 1.165) is 40.2 Å². The van der Waals surface area contributed by atoms with E-state index in [9.17, 15) is 9.18 Å². The summed E-state index contributed by atoms with van der Waals surface area (Å²) >= 11 is 1.42. The summed E-state index contributed by atoms with van der Waals surface area (Å²) in [6, 6.07) is 10.3. The third-order valence-electron chi connectivity index (χ3n) is 5.56. The van der Waals surface area contributed by atoms with Gasteiger partial charge in [0.25, 0.3) is 5.91 Å². The van der Waals surface area contributed by atoms with Gasteiger partial charge in [0.1, 0.15) is 5.82 Å². The highest BCUT2D eigenvalue weighted by Crippen LogP contribution is 2.30. The van der Waals surface area contributed by atoms with Crippen molar-refractivity contribution in [1.29, 1.82) is 0 Å². The molecular weight excluding hydrogens is 415 g/mol. The van der Waals surface area contributed by atoms with Gasteiger partial charge in [-0.3, -0.25) is 4.79 Å². The summed E-state index contributed by atoms with van der Waals surface area (Å²) in [4.78, 5) is 17.7. The van der Waals surface area contributed by atoms with Crippen LogP contribution in [0.3, 0.4) is 0 Å². The number of aryl methyl sites for hydroxylation is 1. The van der Waals surface area contributed by atoms with Crippen molar-refractivity contribution in [1.82, 2.24) is 25.3 Å². The van der Waals surface area contributed by atoms with Crippen LogP contribution in [0, 0.1) is 12.7 Å². The molecule has 2 aromatic carbocycles. The molecule has 1 saturated carbocycles. The minimum Gasteiger partial charge on any atom is -0.357 e. The van der Waals surface area contributed by atoms with Crippen LogP contribution in [-0.2, 0) is 0 Å². The normalized spacial score (nSPS) is 18.4. The fourth-order valence-corrected chi connectivity index (χ4v) is 4.99. The Kier molecular flexibility index (Phi) is 5.11. The van der Waals surface area contributed by atoms with Crippen LogP contribution in [0.15, 0.2) is 48.8 Å². The highest BCUT2D eigenvalue weighted by molar-refractivity contribution is 7.22. The lowest BCUT2D eigenvalue weighted by Gasteiger charge is -2.22. The average Bonchev–Trinajstić information content (AvgIpc) is 3.49. The molecule has 158 valence electrons. The highest BCUT2D eigenvalue weighted by Gasteiger charge is 2.30. The van der Waals surface area contributed by atoms with Crippen molar-refractivity contribution in [2.75, 3.05) is 5.32 Å². The lowest BCUT2D eigenvalue weighted by atomic mass is 10.1. The topological polar surface area (TPSA) is 84.7 Å². The first kappa shape index (κ1) is 19.6. The van der Waals surface area contributed by atoms with Crippen LogP contribution >= 0.6 is 11.3 Å². The van der Waals surface area contributed by atoms with E-state index < -0.39 is 0 Å². The lowest BCUT2D eigenvalue weighted by Crippen LogP contribution is -2.43. The number of fused-ring (bicyclic) bond motifs is 1. The predicted molar refractivity (Wildman–Crippen MR) is 118 cm³/mol. The van der Waals surface area contributed by atoms with Gasteiger partial charge in [-0.25, -0.2) is 14.1 Å². The van der Waals surface area contributed by atoms with E-state index in [-0.39, 0.29) is 23.8 Å². The fraction of sp³-hybridized carbons (Fsp3) is 0.273. The van der Waals surface area contributed by atoms with Crippen LogP contribution in [-0.4, -0.2) is 38.0 Å². The maximum atomic E-state index is 13.5. The number of hydrogen-bond donors (Lipinski definition) is 2. The van der Waals surface area contributed by atoms with Crippen molar-refractivity contribution in [3.63, 3.8) is 0 Å². The molecular formula is C22H21FN6OS. The number of nitrogens with zero attached hydrogens (tertiary/aromatic N) is 4.